The summed E-state index contributed by atoms with van der Waals surface area (Å²) in [5.74, 6) is -1.02. The van der Waals surface area contributed by atoms with E-state index in [1.54, 1.807) is 19.1 Å². The summed E-state index contributed by atoms with van der Waals surface area (Å²) in [6.07, 6.45) is -0.668. The van der Waals surface area contributed by atoms with Crippen LogP contribution in [0.15, 0.2) is 47.4 Å². The van der Waals surface area contributed by atoms with Crippen molar-refractivity contribution in [2.45, 2.75) is 50.8 Å². The number of carbonyl (C=O) groups is 2. The highest BCUT2D eigenvalue weighted by molar-refractivity contribution is 7.89. The van der Waals surface area contributed by atoms with Crippen LogP contribution in [0.5, 0.6) is 5.75 Å². The monoisotopic (exact) mass is 550 g/mol. The van der Waals surface area contributed by atoms with E-state index in [0.29, 0.717) is 5.69 Å². The van der Waals surface area contributed by atoms with Gasteiger partial charge in [0.15, 0.2) is 0 Å². The summed E-state index contributed by atoms with van der Waals surface area (Å²) in [4.78, 5) is 27.2. The number of hydrogen-bond acceptors (Lipinski definition) is 6. The highest BCUT2D eigenvalue weighted by atomic mass is 32.2. The summed E-state index contributed by atoms with van der Waals surface area (Å²) in [6, 6.07) is 8.18. The molecular formula is C26H35FN4O6S. The fourth-order valence-electron chi connectivity index (χ4n) is 4.09. The second-order valence-electron chi connectivity index (χ2n) is 9.83. The number of anilines is 1. The molecule has 1 heterocycles. The SMILES string of the molecule is CC(C)NC(=O)Nc1ccc2c(c1)C(=O)N([C@H](C)CO)C[C@@H](C)[C@H](CN(C)S(=O)(=O)c1ccc(F)cc1)O2. The van der Waals surface area contributed by atoms with E-state index in [1.165, 1.54) is 30.1 Å². The molecule has 2 aromatic carbocycles. The van der Waals surface area contributed by atoms with Crippen LogP contribution in [0.25, 0.3) is 0 Å². The van der Waals surface area contributed by atoms with Gasteiger partial charge >= 0.3 is 6.03 Å². The Balaban J connectivity index is 1.94. The van der Waals surface area contributed by atoms with Gasteiger partial charge in [-0.3, -0.25) is 4.79 Å². The average molecular weight is 551 g/mol. The van der Waals surface area contributed by atoms with Gasteiger partial charge in [0.2, 0.25) is 10.0 Å². The van der Waals surface area contributed by atoms with Crippen LogP contribution in [-0.4, -0.2) is 79.6 Å². The van der Waals surface area contributed by atoms with Gasteiger partial charge in [-0.15, -0.1) is 0 Å². The molecule has 2 aromatic rings. The number of ether oxygens (including phenoxy) is 1. The fraction of sp³-hybridized carbons (Fsp3) is 0.462. The molecule has 0 saturated heterocycles. The summed E-state index contributed by atoms with van der Waals surface area (Å²) in [7, 11) is -2.53. The molecule has 3 rings (SSSR count). The zero-order valence-corrected chi connectivity index (χ0v) is 23.0. The van der Waals surface area contributed by atoms with Crippen molar-refractivity contribution >= 4 is 27.6 Å². The Labute approximate surface area is 222 Å². The van der Waals surface area contributed by atoms with Crippen molar-refractivity contribution in [1.82, 2.24) is 14.5 Å². The van der Waals surface area contributed by atoms with Crippen LogP contribution in [0.1, 0.15) is 38.1 Å². The number of halogens is 1. The predicted molar refractivity (Wildman–Crippen MR) is 141 cm³/mol. The number of amides is 3. The highest BCUT2D eigenvalue weighted by Crippen LogP contribution is 2.31. The first-order valence-electron chi connectivity index (χ1n) is 12.4. The lowest BCUT2D eigenvalue weighted by atomic mass is 9.99. The third-order valence-electron chi connectivity index (χ3n) is 6.30. The molecule has 0 aliphatic carbocycles. The maximum absolute atomic E-state index is 13.5. The third kappa shape index (κ3) is 6.80. The molecule has 3 N–H and O–H groups in total. The van der Waals surface area contributed by atoms with Crippen LogP contribution in [0, 0.1) is 11.7 Å². The van der Waals surface area contributed by atoms with Gasteiger partial charge in [0.1, 0.15) is 17.7 Å². The van der Waals surface area contributed by atoms with Crippen LogP contribution in [0.4, 0.5) is 14.9 Å². The molecule has 3 amide bonds. The maximum Gasteiger partial charge on any atom is 0.319 e. The van der Waals surface area contributed by atoms with E-state index in [1.807, 2.05) is 20.8 Å². The predicted octanol–water partition coefficient (Wildman–Crippen LogP) is 2.90. The second kappa shape index (κ2) is 12.1. The number of aliphatic hydroxyl groups is 1. The first-order chi connectivity index (χ1) is 17.8. The Kier molecular flexibility index (Phi) is 9.34. The first kappa shape index (κ1) is 29.3. The van der Waals surface area contributed by atoms with E-state index in [2.05, 4.69) is 10.6 Å². The summed E-state index contributed by atoms with van der Waals surface area (Å²) in [5.41, 5.74) is 0.547. The molecule has 10 nitrogen and oxygen atoms in total. The lowest BCUT2D eigenvalue weighted by molar-refractivity contribution is 0.0387. The number of hydrogen-bond donors (Lipinski definition) is 3. The van der Waals surface area contributed by atoms with Crippen molar-refractivity contribution in [3.8, 4) is 5.75 Å². The van der Waals surface area contributed by atoms with Crippen molar-refractivity contribution in [2.75, 3.05) is 32.1 Å². The Morgan fingerprint density at radius 1 is 1.21 bits per heavy atom. The molecular weight excluding hydrogens is 515 g/mol. The average Bonchev–Trinajstić information content (AvgIpc) is 2.85. The van der Waals surface area contributed by atoms with E-state index in [9.17, 15) is 27.5 Å². The van der Waals surface area contributed by atoms with Gasteiger partial charge in [0, 0.05) is 31.2 Å². The molecule has 0 fully saturated rings. The number of aliphatic hydroxyl groups excluding tert-OH is 1. The largest absolute Gasteiger partial charge is 0.488 e. The molecule has 0 bridgehead atoms. The van der Waals surface area contributed by atoms with Crippen LogP contribution in [0.2, 0.25) is 0 Å². The van der Waals surface area contributed by atoms with Gasteiger partial charge in [-0.25, -0.2) is 17.6 Å². The van der Waals surface area contributed by atoms with Gasteiger partial charge in [0.05, 0.1) is 29.7 Å². The van der Waals surface area contributed by atoms with Crippen molar-refractivity contribution in [3.05, 3.63) is 53.8 Å². The number of carbonyl (C=O) groups excluding carboxylic acids is 2. The van der Waals surface area contributed by atoms with Crippen molar-refractivity contribution in [3.63, 3.8) is 0 Å². The standard InChI is InChI=1S/C26H35FN4O6S/c1-16(2)28-26(34)29-20-8-11-23-22(12-20)25(33)31(18(4)15-32)13-17(3)24(37-23)14-30(5)38(35,36)21-9-6-19(27)7-10-21/h6-12,16-18,24,32H,13-15H2,1-5H3,(H2,28,29,34)/t17-,18-,24+/m1/s1. The van der Waals surface area contributed by atoms with Crippen molar-refractivity contribution in [1.29, 1.82) is 0 Å². The van der Waals surface area contributed by atoms with Gasteiger partial charge in [0.25, 0.3) is 5.91 Å². The van der Waals surface area contributed by atoms with Crippen LogP contribution >= 0.6 is 0 Å². The summed E-state index contributed by atoms with van der Waals surface area (Å²) >= 11 is 0. The molecule has 0 saturated carbocycles. The number of nitrogens with zero attached hydrogens (tertiary/aromatic N) is 2. The highest BCUT2D eigenvalue weighted by Gasteiger charge is 2.35. The minimum absolute atomic E-state index is 0.0490. The zero-order valence-electron chi connectivity index (χ0n) is 22.1. The number of rotatable bonds is 8. The van der Waals surface area contributed by atoms with Gasteiger partial charge < -0.3 is 25.4 Å². The topological polar surface area (TPSA) is 128 Å². The number of nitrogens with one attached hydrogen (secondary N) is 2. The molecule has 3 atom stereocenters. The van der Waals surface area contributed by atoms with Crippen LogP contribution in [-0.2, 0) is 10.0 Å². The van der Waals surface area contributed by atoms with E-state index in [0.717, 1.165) is 16.4 Å². The minimum atomic E-state index is -3.94. The van der Waals surface area contributed by atoms with E-state index >= 15 is 0 Å². The smallest absolute Gasteiger partial charge is 0.319 e. The molecule has 12 heteroatoms. The van der Waals surface area contributed by atoms with Gasteiger partial charge in [-0.05, 0) is 63.2 Å². The third-order valence-corrected chi connectivity index (χ3v) is 8.14. The van der Waals surface area contributed by atoms with Crippen LogP contribution < -0.4 is 15.4 Å². The summed E-state index contributed by atoms with van der Waals surface area (Å²) < 4.78 is 46.9. The van der Waals surface area contributed by atoms with Crippen LogP contribution in [0.3, 0.4) is 0 Å². The second-order valence-corrected chi connectivity index (χ2v) is 11.9. The number of sulfonamides is 1. The minimum Gasteiger partial charge on any atom is -0.488 e. The zero-order chi connectivity index (χ0) is 28.2. The molecule has 0 aromatic heterocycles. The van der Waals surface area contributed by atoms with E-state index < -0.39 is 34.0 Å². The molecule has 208 valence electrons. The number of benzene rings is 2. The Bertz CT molecular complexity index is 1250. The van der Waals surface area contributed by atoms with Crippen molar-refractivity contribution < 1.29 is 32.2 Å². The number of urea groups is 1. The molecule has 0 unspecified atom stereocenters. The molecule has 38 heavy (non-hydrogen) atoms. The normalized spacial score (nSPS) is 18.9. The molecule has 1 aliphatic heterocycles. The fourth-order valence-corrected chi connectivity index (χ4v) is 5.27. The Morgan fingerprint density at radius 3 is 2.47 bits per heavy atom. The lowest BCUT2D eigenvalue weighted by Gasteiger charge is -2.38. The molecule has 0 spiro atoms. The lowest BCUT2D eigenvalue weighted by Crippen LogP contribution is -2.50. The maximum atomic E-state index is 13.5. The van der Waals surface area contributed by atoms with Gasteiger partial charge in [-0.2, -0.15) is 4.31 Å². The molecule has 1 aliphatic rings. The van der Waals surface area contributed by atoms with Gasteiger partial charge in [-0.1, -0.05) is 6.92 Å². The summed E-state index contributed by atoms with van der Waals surface area (Å²) in [6.45, 7) is 7.07. The Hall–Kier alpha value is -3.22. The number of fused-ring (bicyclic) bond motifs is 1. The van der Waals surface area contributed by atoms with E-state index in [-0.39, 0.29) is 53.8 Å². The Morgan fingerprint density at radius 2 is 1.87 bits per heavy atom. The molecule has 0 radical (unpaired) electrons. The van der Waals surface area contributed by atoms with Crippen molar-refractivity contribution in [2.24, 2.45) is 5.92 Å². The quantitative estimate of drug-likeness (QED) is 0.464. The summed E-state index contributed by atoms with van der Waals surface area (Å²) in [5, 5.41) is 15.2. The van der Waals surface area contributed by atoms with E-state index in [4.69, 9.17) is 4.74 Å². The first-order valence-corrected chi connectivity index (χ1v) is 13.8. The number of likely N-dealkylation sites (N-methyl/N-ethyl adjacent to an activating group) is 1.